The highest BCUT2D eigenvalue weighted by atomic mass is 16.7. The van der Waals surface area contributed by atoms with E-state index in [2.05, 4.69) is 119 Å². The van der Waals surface area contributed by atoms with Crippen molar-refractivity contribution >= 4 is 23.4 Å². The highest BCUT2D eigenvalue weighted by Gasteiger charge is 2.51. The van der Waals surface area contributed by atoms with Crippen molar-refractivity contribution in [3.8, 4) is 22.3 Å². The van der Waals surface area contributed by atoms with Crippen LogP contribution >= 0.6 is 0 Å². The molecular weight excluding hydrogens is 379 g/mol. The van der Waals surface area contributed by atoms with E-state index in [-0.39, 0.29) is 18.3 Å². The molecule has 154 valence electrons. The third-order valence-electron chi connectivity index (χ3n) is 6.71. The van der Waals surface area contributed by atoms with Gasteiger partial charge in [0.2, 0.25) is 0 Å². The Kier molecular flexibility index (Phi) is 4.77. The van der Waals surface area contributed by atoms with Gasteiger partial charge < -0.3 is 9.31 Å². The molecule has 5 rings (SSSR count). The molecule has 0 saturated carbocycles. The van der Waals surface area contributed by atoms with Gasteiger partial charge in [-0.25, -0.2) is 0 Å². The molecule has 0 radical (unpaired) electrons. The monoisotopic (exact) mass is 406 g/mol. The van der Waals surface area contributed by atoms with Crippen molar-refractivity contribution in [1.29, 1.82) is 0 Å². The van der Waals surface area contributed by atoms with E-state index in [1.807, 2.05) is 0 Å². The summed E-state index contributed by atoms with van der Waals surface area (Å²) in [6.45, 7) is 8.36. The van der Waals surface area contributed by atoms with Gasteiger partial charge >= 0.3 is 7.12 Å². The van der Waals surface area contributed by atoms with Crippen LogP contribution in [0.1, 0.15) is 27.7 Å². The van der Waals surface area contributed by atoms with Gasteiger partial charge in [0, 0.05) is 0 Å². The second-order valence-corrected chi connectivity index (χ2v) is 9.29. The van der Waals surface area contributed by atoms with Gasteiger partial charge in [-0.05, 0) is 66.2 Å². The Morgan fingerprint density at radius 2 is 1.13 bits per heavy atom. The van der Waals surface area contributed by atoms with E-state index in [9.17, 15) is 0 Å². The summed E-state index contributed by atoms with van der Waals surface area (Å²) < 4.78 is 12.6. The molecule has 0 unspecified atom stereocenters. The van der Waals surface area contributed by atoms with Crippen LogP contribution in [0.2, 0.25) is 0 Å². The van der Waals surface area contributed by atoms with Crippen LogP contribution in [-0.4, -0.2) is 18.3 Å². The van der Waals surface area contributed by atoms with E-state index in [1.54, 1.807) is 0 Å². The minimum atomic E-state index is -0.367. The Bertz CT molecular complexity index is 1220. The largest absolute Gasteiger partial charge is 0.494 e. The summed E-state index contributed by atoms with van der Waals surface area (Å²) in [6.07, 6.45) is 0. The molecule has 4 aromatic rings. The second-order valence-electron chi connectivity index (χ2n) is 9.29. The molecule has 1 heterocycles. The Morgan fingerprint density at radius 3 is 1.77 bits per heavy atom. The van der Waals surface area contributed by atoms with Gasteiger partial charge in [0.25, 0.3) is 0 Å². The standard InChI is InChI=1S/C28H27BO2/c1-27(2)28(3,4)31-29(30-27)23-16-8-15-22(19-23)25-18-10-14-21-13-9-17-24(26(21)25)20-11-6-5-7-12-20/h5-19H,1-4H3. The molecular formula is C28H27BO2. The molecule has 1 aliphatic rings. The van der Waals surface area contributed by atoms with Crippen LogP contribution in [0.5, 0.6) is 0 Å². The molecule has 31 heavy (non-hydrogen) atoms. The molecule has 1 aliphatic heterocycles. The van der Waals surface area contributed by atoms with E-state index in [0.717, 1.165) is 5.46 Å². The first kappa shape index (κ1) is 20.1. The van der Waals surface area contributed by atoms with Crippen LogP contribution in [0.25, 0.3) is 33.0 Å². The van der Waals surface area contributed by atoms with E-state index in [1.165, 1.54) is 33.0 Å². The molecule has 1 fully saturated rings. The maximum absolute atomic E-state index is 6.30. The van der Waals surface area contributed by atoms with Crippen LogP contribution in [0.15, 0.2) is 91.0 Å². The fraction of sp³-hybridized carbons (Fsp3) is 0.214. The van der Waals surface area contributed by atoms with Crippen molar-refractivity contribution in [2.24, 2.45) is 0 Å². The molecule has 3 heteroatoms. The van der Waals surface area contributed by atoms with E-state index in [4.69, 9.17) is 9.31 Å². The maximum Gasteiger partial charge on any atom is 0.494 e. The lowest BCUT2D eigenvalue weighted by Crippen LogP contribution is -2.41. The van der Waals surface area contributed by atoms with Gasteiger partial charge in [-0.15, -0.1) is 0 Å². The van der Waals surface area contributed by atoms with Gasteiger partial charge in [-0.3, -0.25) is 0 Å². The van der Waals surface area contributed by atoms with Gasteiger partial charge in [0.05, 0.1) is 11.2 Å². The molecule has 0 amide bonds. The lowest BCUT2D eigenvalue weighted by atomic mass is 9.77. The zero-order valence-electron chi connectivity index (χ0n) is 18.6. The Hall–Kier alpha value is -2.88. The molecule has 0 N–H and O–H groups in total. The van der Waals surface area contributed by atoms with E-state index in [0.29, 0.717) is 0 Å². The predicted molar refractivity (Wildman–Crippen MR) is 131 cm³/mol. The first-order valence-corrected chi connectivity index (χ1v) is 10.9. The second kappa shape index (κ2) is 7.37. The van der Waals surface area contributed by atoms with Crippen LogP contribution in [0.3, 0.4) is 0 Å². The van der Waals surface area contributed by atoms with E-state index < -0.39 is 0 Å². The Morgan fingerprint density at radius 1 is 0.581 bits per heavy atom. The van der Waals surface area contributed by atoms with Crippen molar-refractivity contribution in [1.82, 2.24) is 0 Å². The molecule has 0 aliphatic carbocycles. The minimum Gasteiger partial charge on any atom is -0.399 e. The SMILES string of the molecule is CC1(C)OB(c2cccc(-c3cccc4cccc(-c5ccccc5)c34)c2)OC1(C)C. The fourth-order valence-electron chi connectivity index (χ4n) is 4.27. The van der Waals surface area contributed by atoms with Gasteiger partial charge in [-0.2, -0.15) is 0 Å². The van der Waals surface area contributed by atoms with Gasteiger partial charge in [0.1, 0.15) is 0 Å². The zero-order chi connectivity index (χ0) is 21.6. The molecule has 2 nitrogen and oxygen atoms in total. The number of rotatable bonds is 3. The first-order valence-electron chi connectivity index (χ1n) is 10.9. The van der Waals surface area contributed by atoms with Crippen LogP contribution < -0.4 is 5.46 Å². The first-order chi connectivity index (χ1) is 14.9. The predicted octanol–water partition coefficient (Wildman–Crippen LogP) is 6.47. The summed E-state index contributed by atoms with van der Waals surface area (Å²) in [6, 6.07) is 32.2. The number of hydrogen-bond donors (Lipinski definition) is 0. The summed E-state index contributed by atoms with van der Waals surface area (Å²) in [7, 11) is -0.367. The Labute approximate surface area is 185 Å². The zero-order valence-corrected chi connectivity index (χ0v) is 18.6. The molecule has 0 atom stereocenters. The number of hydrogen-bond acceptors (Lipinski definition) is 2. The fourth-order valence-corrected chi connectivity index (χ4v) is 4.27. The molecule has 0 aromatic heterocycles. The lowest BCUT2D eigenvalue weighted by Gasteiger charge is -2.32. The molecule has 0 bridgehead atoms. The van der Waals surface area contributed by atoms with Crippen molar-refractivity contribution < 1.29 is 9.31 Å². The van der Waals surface area contributed by atoms with Crippen molar-refractivity contribution in [2.75, 3.05) is 0 Å². The number of fused-ring (bicyclic) bond motifs is 1. The summed E-state index contributed by atoms with van der Waals surface area (Å²) in [5.41, 5.74) is 5.19. The highest BCUT2D eigenvalue weighted by molar-refractivity contribution is 6.62. The van der Waals surface area contributed by atoms with Crippen LogP contribution in [0.4, 0.5) is 0 Å². The number of benzene rings is 4. The van der Waals surface area contributed by atoms with Crippen molar-refractivity contribution in [3.05, 3.63) is 91.0 Å². The summed E-state index contributed by atoms with van der Waals surface area (Å²) >= 11 is 0. The van der Waals surface area contributed by atoms with Crippen LogP contribution in [0, 0.1) is 0 Å². The lowest BCUT2D eigenvalue weighted by molar-refractivity contribution is 0.00578. The molecule has 4 aromatic carbocycles. The quantitative estimate of drug-likeness (QED) is 0.363. The third kappa shape index (κ3) is 3.48. The maximum atomic E-state index is 6.30. The normalized spacial score (nSPS) is 17.2. The van der Waals surface area contributed by atoms with Gasteiger partial charge in [-0.1, -0.05) is 91.0 Å². The summed E-state index contributed by atoms with van der Waals surface area (Å²) in [5, 5.41) is 2.50. The highest BCUT2D eigenvalue weighted by Crippen LogP contribution is 2.38. The summed E-state index contributed by atoms with van der Waals surface area (Å²) in [4.78, 5) is 0. The van der Waals surface area contributed by atoms with E-state index >= 15 is 0 Å². The van der Waals surface area contributed by atoms with Crippen molar-refractivity contribution in [2.45, 2.75) is 38.9 Å². The Balaban J connectivity index is 1.64. The average Bonchev–Trinajstić information content (AvgIpc) is 3.00. The average molecular weight is 406 g/mol. The minimum absolute atomic E-state index is 0.354. The molecule has 1 saturated heterocycles. The third-order valence-corrected chi connectivity index (χ3v) is 6.71. The summed E-state index contributed by atoms with van der Waals surface area (Å²) in [5.74, 6) is 0. The topological polar surface area (TPSA) is 18.5 Å². The smallest absolute Gasteiger partial charge is 0.399 e. The van der Waals surface area contributed by atoms with Gasteiger partial charge in [0.15, 0.2) is 0 Å². The van der Waals surface area contributed by atoms with Crippen LogP contribution in [-0.2, 0) is 9.31 Å². The van der Waals surface area contributed by atoms with Crippen molar-refractivity contribution in [3.63, 3.8) is 0 Å². The molecule has 0 spiro atoms.